The second kappa shape index (κ2) is 15.5. The number of likely N-dealkylation sites (tertiary alicyclic amines) is 1. The van der Waals surface area contributed by atoms with E-state index < -0.39 is 19.3 Å². The number of H-pyrrole nitrogens is 1. The third kappa shape index (κ3) is 9.07. The molecule has 2 fully saturated rings. The van der Waals surface area contributed by atoms with Gasteiger partial charge < -0.3 is 29.1 Å². The van der Waals surface area contributed by atoms with Crippen LogP contribution in [0.4, 0.5) is 9.59 Å². The van der Waals surface area contributed by atoms with Crippen molar-refractivity contribution in [1.29, 1.82) is 0 Å². The van der Waals surface area contributed by atoms with E-state index in [1.165, 1.54) is 22.3 Å². The minimum atomic E-state index is -1.28. The van der Waals surface area contributed by atoms with Crippen molar-refractivity contribution in [2.75, 3.05) is 13.2 Å². The Hall–Kier alpha value is -4.42. The highest BCUT2D eigenvalue weighted by molar-refractivity contribution is 6.76. The molecule has 3 heterocycles. The van der Waals surface area contributed by atoms with Crippen LogP contribution in [0.15, 0.2) is 48.8 Å². The Morgan fingerprint density at radius 1 is 0.875 bits per heavy atom. The molecular weight excluding hydrogens is 721 g/mol. The molecule has 11 nitrogen and oxygen atoms in total. The number of ether oxygens (including phenoxy) is 3. The van der Waals surface area contributed by atoms with Crippen molar-refractivity contribution in [3.63, 3.8) is 0 Å². The number of imidazole rings is 2. The van der Waals surface area contributed by atoms with E-state index in [1.807, 2.05) is 58.8 Å². The molecule has 1 saturated heterocycles. The average molecular weight is 781 g/mol. The fraction of sp³-hybridized carbons (Fsp3) is 0.545. The zero-order valence-electron chi connectivity index (χ0n) is 34.8. The summed E-state index contributed by atoms with van der Waals surface area (Å²) < 4.78 is 19.9. The van der Waals surface area contributed by atoms with E-state index in [0.717, 1.165) is 78.7 Å². The molecule has 56 heavy (non-hydrogen) atoms. The molecule has 2 aliphatic carbocycles. The minimum Gasteiger partial charge on any atom is -0.444 e. The van der Waals surface area contributed by atoms with E-state index in [4.69, 9.17) is 24.2 Å². The fourth-order valence-corrected chi connectivity index (χ4v) is 9.02. The van der Waals surface area contributed by atoms with Crippen molar-refractivity contribution in [2.45, 2.75) is 142 Å². The molecule has 1 saturated carbocycles. The van der Waals surface area contributed by atoms with Crippen LogP contribution in [0, 0.1) is 0 Å². The Labute approximate surface area is 332 Å². The normalized spacial score (nSPS) is 19.6. The molecule has 3 aliphatic rings. The monoisotopic (exact) mass is 780 g/mol. The molecule has 12 heteroatoms. The van der Waals surface area contributed by atoms with Crippen LogP contribution in [0.25, 0.3) is 33.6 Å². The van der Waals surface area contributed by atoms with Crippen LogP contribution in [0.5, 0.6) is 0 Å². The quantitative estimate of drug-likeness (QED) is 0.107. The summed E-state index contributed by atoms with van der Waals surface area (Å²) in [5.41, 5.74) is 8.05. The molecule has 1 aliphatic heterocycles. The number of amides is 2. The van der Waals surface area contributed by atoms with Crippen molar-refractivity contribution in [2.24, 2.45) is 0 Å². The fourth-order valence-electron chi connectivity index (χ4n) is 8.26. The summed E-state index contributed by atoms with van der Waals surface area (Å²) in [6, 6.07) is 14.3. The number of nitrogens with one attached hydrogen (secondary N) is 2. The van der Waals surface area contributed by atoms with E-state index in [-0.39, 0.29) is 30.2 Å². The van der Waals surface area contributed by atoms with E-state index in [9.17, 15) is 9.59 Å². The van der Waals surface area contributed by atoms with Crippen molar-refractivity contribution in [3.05, 3.63) is 71.6 Å². The molecule has 0 radical (unpaired) electrons. The number of nitrogens with zero attached hydrogens (tertiary/aromatic N) is 4. The van der Waals surface area contributed by atoms with Gasteiger partial charge in [-0.05, 0) is 120 Å². The summed E-state index contributed by atoms with van der Waals surface area (Å²) in [6.45, 7) is 20.1. The number of rotatable bonds is 10. The van der Waals surface area contributed by atoms with Gasteiger partial charge in [0.25, 0.3) is 0 Å². The van der Waals surface area contributed by atoms with Gasteiger partial charge in [0.1, 0.15) is 29.6 Å². The van der Waals surface area contributed by atoms with E-state index in [0.29, 0.717) is 19.9 Å². The molecule has 0 bridgehead atoms. The van der Waals surface area contributed by atoms with Crippen molar-refractivity contribution in [1.82, 2.24) is 29.7 Å². The van der Waals surface area contributed by atoms with Gasteiger partial charge in [-0.3, -0.25) is 4.90 Å². The van der Waals surface area contributed by atoms with Crippen LogP contribution in [-0.4, -0.2) is 75.1 Å². The number of carbonyl (C=O) groups excluding carboxylic acids is 2. The number of benzene rings is 2. The maximum Gasteiger partial charge on any atom is 0.410 e. The Morgan fingerprint density at radius 2 is 1.57 bits per heavy atom. The summed E-state index contributed by atoms with van der Waals surface area (Å²) >= 11 is 0. The van der Waals surface area contributed by atoms with Gasteiger partial charge in [-0.2, -0.15) is 0 Å². The van der Waals surface area contributed by atoms with Crippen LogP contribution in [0.2, 0.25) is 25.7 Å². The zero-order chi connectivity index (χ0) is 40.0. The molecule has 2 N–H and O–H groups in total. The van der Waals surface area contributed by atoms with Gasteiger partial charge in [-0.15, -0.1) is 0 Å². The Balaban J connectivity index is 1.11. The Kier molecular flexibility index (Phi) is 11.0. The molecule has 1 unspecified atom stereocenters. The van der Waals surface area contributed by atoms with Crippen LogP contribution >= 0.6 is 0 Å². The molecule has 2 aromatic heterocycles. The minimum absolute atomic E-state index is 0.0151. The van der Waals surface area contributed by atoms with Gasteiger partial charge in [0.15, 0.2) is 0 Å². The van der Waals surface area contributed by atoms with Crippen LogP contribution in [0.1, 0.15) is 108 Å². The highest BCUT2D eigenvalue weighted by Crippen LogP contribution is 2.42. The first kappa shape index (κ1) is 39.8. The molecule has 7 rings (SSSR count). The molecule has 300 valence electrons. The Bertz CT molecular complexity index is 2070. The van der Waals surface area contributed by atoms with Crippen LogP contribution in [0.3, 0.4) is 0 Å². The standard InChI is InChI=1S/C44H60N6O5Si/c1-43(2,3)54-41(51)48-35-13-10-12-34(35)39-45-25-36(47-39)28-15-17-32-30(22-28)24-31-23-29(16-18-33(31)32)38-26-46-40(50(38)27-53-20-21-56(7,8)9)37-14-11-19-49(37)42(52)55-44(4,5)6/h15-18,22-23,25-26,34-35,37H,10-14,19-21,24,27H2,1-9H3,(H,45,47)(H,48,51)/t34-,35-,37?/m0/s1. The largest absolute Gasteiger partial charge is 0.444 e. The van der Waals surface area contributed by atoms with Gasteiger partial charge >= 0.3 is 12.2 Å². The first-order chi connectivity index (χ1) is 26.4. The lowest BCUT2D eigenvalue weighted by atomic mass is 10.0. The van der Waals surface area contributed by atoms with Crippen molar-refractivity contribution in [3.8, 4) is 33.6 Å². The number of carbonyl (C=O) groups is 2. The van der Waals surface area contributed by atoms with Gasteiger partial charge in [0, 0.05) is 38.7 Å². The number of fused-ring (bicyclic) bond motifs is 3. The summed E-state index contributed by atoms with van der Waals surface area (Å²) in [5.74, 6) is 1.86. The van der Waals surface area contributed by atoms with Gasteiger partial charge in [-0.1, -0.05) is 50.3 Å². The number of aromatic nitrogens is 4. The highest BCUT2D eigenvalue weighted by atomic mass is 28.3. The van der Waals surface area contributed by atoms with E-state index >= 15 is 0 Å². The predicted octanol–water partition coefficient (Wildman–Crippen LogP) is 10.1. The maximum absolute atomic E-state index is 13.3. The topological polar surface area (TPSA) is 124 Å². The first-order valence-electron chi connectivity index (χ1n) is 20.4. The average Bonchev–Trinajstić information content (AvgIpc) is 3.93. The number of alkyl carbamates (subject to hydrolysis) is 1. The summed E-state index contributed by atoms with van der Waals surface area (Å²) in [7, 11) is -1.28. The summed E-state index contributed by atoms with van der Waals surface area (Å²) in [4.78, 5) is 41.1. The maximum atomic E-state index is 13.3. The number of aromatic amines is 1. The van der Waals surface area contributed by atoms with Gasteiger partial charge in [0.2, 0.25) is 0 Å². The zero-order valence-corrected chi connectivity index (χ0v) is 35.8. The lowest BCUT2D eigenvalue weighted by Gasteiger charge is -2.29. The van der Waals surface area contributed by atoms with Crippen LogP contribution in [-0.2, 0) is 27.4 Å². The van der Waals surface area contributed by atoms with Gasteiger partial charge in [-0.25, -0.2) is 19.6 Å². The van der Waals surface area contributed by atoms with E-state index in [1.54, 1.807) is 0 Å². The van der Waals surface area contributed by atoms with Gasteiger partial charge in [0.05, 0.1) is 29.8 Å². The smallest absolute Gasteiger partial charge is 0.410 e. The molecule has 2 amide bonds. The molecule has 3 atom stereocenters. The molecule has 2 aromatic carbocycles. The second-order valence-electron chi connectivity index (χ2n) is 19.0. The molecule has 0 spiro atoms. The highest BCUT2D eigenvalue weighted by Gasteiger charge is 2.37. The third-order valence-electron chi connectivity index (χ3n) is 10.9. The van der Waals surface area contributed by atoms with Crippen molar-refractivity contribution >= 4 is 20.3 Å². The Morgan fingerprint density at radius 3 is 2.27 bits per heavy atom. The third-order valence-corrected chi connectivity index (χ3v) is 12.6. The number of hydrogen-bond acceptors (Lipinski definition) is 7. The predicted molar refractivity (Wildman–Crippen MR) is 222 cm³/mol. The lowest BCUT2D eigenvalue weighted by molar-refractivity contribution is 0.0204. The molecular formula is C44H60N6O5Si. The summed E-state index contributed by atoms with van der Waals surface area (Å²) in [5, 5.41) is 3.09. The second-order valence-corrected chi connectivity index (χ2v) is 24.6. The number of hydrogen-bond donors (Lipinski definition) is 2. The summed E-state index contributed by atoms with van der Waals surface area (Å²) in [6.07, 6.45) is 8.62. The molecule has 4 aromatic rings. The van der Waals surface area contributed by atoms with Crippen LogP contribution < -0.4 is 5.32 Å². The van der Waals surface area contributed by atoms with E-state index in [2.05, 4.69) is 70.9 Å². The SMILES string of the molecule is CC(C)(C)OC(=O)N[C@H]1CCC[C@@H]1c1ncc(-c2ccc3c(c2)Cc2cc(-c4cnc(C5CCCN5C(=O)OC(C)(C)C)n4COCC[Si](C)(C)C)ccc2-3)[nH]1. The lowest BCUT2D eigenvalue weighted by Crippen LogP contribution is -2.40. The first-order valence-corrected chi connectivity index (χ1v) is 24.1. The van der Waals surface area contributed by atoms with Crippen molar-refractivity contribution < 1.29 is 23.8 Å².